The Balaban J connectivity index is 1.60. The maximum absolute atomic E-state index is 13.1. The average molecular weight is 477 g/mol. The van der Waals surface area contributed by atoms with Gasteiger partial charge >= 0.3 is 5.97 Å². The molecule has 1 aliphatic heterocycles. The lowest BCUT2D eigenvalue weighted by atomic mass is 10.1. The van der Waals surface area contributed by atoms with Crippen LogP contribution in [0.5, 0.6) is 0 Å². The fourth-order valence-corrected chi connectivity index (χ4v) is 3.75. The van der Waals surface area contributed by atoms with Crippen LogP contribution in [0.4, 0.5) is 5.69 Å². The Labute approximate surface area is 203 Å². The zero-order valence-electron chi connectivity index (χ0n) is 19.7. The fourth-order valence-electron chi connectivity index (χ4n) is 3.56. The summed E-state index contributed by atoms with van der Waals surface area (Å²) in [6.07, 6.45) is 1.42. The standard InChI is InChI=1S/C27H25ClN2O4/c1-15(2)33-27(32)23-13-19(7-10-24(23)28)25-11-9-21(34-25)14-22-18(5)29-30(26(22)31)20-8-6-16(3)17(4)12-20/h6-15H,1-5H3/b22-14+. The summed E-state index contributed by atoms with van der Waals surface area (Å²) >= 11 is 6.20. The van der Waals surface area contributed by atoms with E-state index >= 15 is 0 Å². The summed E-state index contributed by atoms with van der Waals surface area (Å²) in [4.78, 5) is 25.4. The monoisotopic (exact) mass is 476 g/mol. The van der Waals surface area contributed by atoms with Crippen molar-refractivity contribution < 1.29 is 18.7 Å². The van der Waals surface area contributed by atoms with Crippen LogP contribution in [-0.2, 0) is 9.53 Å². The highest BCUT2D eigenvalue weighted by Gasteiger charge is 2.29. The zero-order chi connectivity index (χ0) is 24.6. The minimum atomic E-state index is -0.495. The van der Waals surface area contributed by atoms with Crippen molar-refractivity contribution in [2.75, 3.05) is 5.01 Å². The number of esters is 1. The molecule has 0 fully saturated rings. The molecule has 0 spiro atoms. The van der Waals surface area contributed by atoms with Crippen molar-refractivity contribution in [2.24, 2.45) is 5.10 Å². The summed E-state index contributed by atoms with van der Waals surface area (Å²) in [5, 5.41) is 6.15. The Morgan fingerprint density at radius 3 is 2.53 bits per heavy atom. The molecule has 0 N–H and O–H groups in total. The molecule has 0 saturated heterocycles. The van der Waals surface area contributed by atoms with Gasteiger partial charge in [0.15, 0.2) is 0 Å². The van der Waals surface area contributed by atoms with E-state index in [9.17, 15) is 9.59 Å². The minimum Gasteiger partial charge on any atom is -0.459 e. The number of nitrogens with zero attached hydrogens (tertiary/aromatic N) is 2. The molecule has 0 saturated carbocycles. The molecule has 1 aromatic heterocycles. The largest absolute Gasteiger partial charge is 0.459 e. The van der Waals surface area contributed by atoms with Crippen molar-refractivity contribution in [3.8, 4) is 11.3 Å². The first kappa shape index (κ1) is 23.5. The van der Waals surface area contributed by atoms with Crippen molar-refractivity contribution in [1.29, 1.82) is 0 Å². The third-order valence-corrected chi connectivity index (χ3v) is 5.85. The minimum absolute atomic E-state index is 0.219. The van der Waals surface area contributed by atoms with Crippen molar-refractivity contribution in [3.63, 3.8) is 0 Å². The third kappa shape index (κ3) is 4.68. The Kier molecular flexibility index (Phi) is 6.44. The van der Waals surface area contributed by atoms with E-state index in [-0.39, 0.29) is 17.6 Å². The molecule has 34 heavy (non-hydrogen) atoms. The molecular weight excluding hydrogens is 452 g/mol. The van der Waals surface area contributed by atoms with E-state index in [0.29, 0.717) is 33.4 Å². The van der Waals surface area contributed by atoms with Crippen molar-refractivity contribution in [1.82, 2.24) is 0 Å². The van der Waals surface area contributed by atoms with Crippen molar-refractivity contribution in [3.05, 3.63) is 81.6 Å². The molecule has 2 aromatic carbocycles. The zero-order valence-corrected chi connectivity index (χ0v) is 20.4. The molecule has 0 radical (unpaired) electrons. The molecule has 0 aliphatic carbocycles. The highest BCUT2D eigenvalue weighted by molar-refractivity contribution is 6.33. The van der Waals surface area contributed by atoms with E-state index in [1.165, 1.54) is 5.01 Å². The second kappa shape index (κ2) is 9.31. The Hall–Kier alpha value is -3.64. The number of anilines is 1. The van der Waals surface area contributed by atoms with Gasteiger partial charge in [-0.1, -0.05) is 17.7 Å². The van der Waals surface area contributed by atoms with E-state index in [2.05, 4.69) is 5.10 Å². The first-order valence-electron chi connectivity index (χ1n) is 10.9. The lowest BCUT2D eigenvalue weighted by molar-refractivity contribution is -0.114. The lowest BCUT2D eigenvalue weighted by Gasteiger charge is -2.13. The van der Waals surface area contributed by atoms with Gasteiger partial charge < -0.3 is 9.15 Å². The molecule has 7 heteroatoms. The van der Waals surface area contributed by atoms with Gasteiger partial charge in [-0.25, -0.2) is 4.79 Å². The predicted octanol–water partition coefficient (Wildman–Crippen LogP) is 6.59. The number of benzene rings is 2. The van der Waals surface area contributed by atoms with E-state index in [1.54, 1.807) is 57.2 Å². The molecule has 0 unspecified atom stereocenters. The van der Waals surface area contributed by atoms with Gasteiger partial charge in [0.2, 0.25) is 0 Å². The van der Waals surface area contributed by atoms with Crippen LogP contribution in [0, 0.1) is 13.8 Å². The second-order valence-corrected chi connectivity index (χ2v) is 8.89. The van der Waals surface area contributed by atoms with Gasteiger partial charge in [0, 0.05) is 5.56 Å². The van der Waals surface area contributed by atoms with Crippen LogP contribution in [0.25, 0.3) is 17.4 Å². The number of carbonyl (C=O) groups excluding carboxylic acids is 2. The summed E-state index contributed by atoms with van der Waals surface area (Å²) < 4.78 is 11.2. The van der Waals surface area contributed by atoms with Crippen LogP contribution in [0.3, 0.4) is 0 Å². The average Bonchev–Trinajstić information content (AvgIpc) is 3.36. The van der Waals surface area contributed by atoms with E-state index in [0.717, 1.165) is 16.8 Å². The molecule has 6 nitrogen and oxygen atoms in total. The highest BCUT2D eigenvalue weighted by Crippen LogP contribution is 2.30. The molecule has 4 rings (SSSR count). The van der Waals surface area contributed by atoms with Gasteiger partial charge in [0.05, 0.1) is 33.7 Å². The first-order chi connectivity index (χ1) is 16.1. The molecule has 174 valence electrons. The number of carbonyl (C=O) groups is 2. The molecular formula is C27H25ClN2O4. The second-order valence-electron chi connectivity index (χ2n) is 8.48. The van der Waals surface area contributed by atoms with Crippen LogP contribution in [-0.4, -0.2) is 23.7 Å². The SMILES string of the molecule is CC1=NN(c2ccc(C)c(C)c2)C(=O)/C1=C/c1ccc(-c2ccc(Cl)c(C(=O)OC(C)C)c2)o1. The normalized spacial score (nSPS) is 14.8. The molecule has 1 amide bonds. The summed E-state index contributed by atoms with van der Waals surface area (Å²) in [5.41, 5.74) is 4.95. The predicted molar refractivity (Wildman–Crippen MR) is 134 cm³/mol. The third-order valence-electron chi connectivity index (χ3n) is 5.52. The number of amides is 1. The van der Waals surface area contributed by atoms with Gasteiger partial charge in [0.1, 0.15) is 11.5 Å². The van der Waals surface area contributed by atoms with Crippen LogP contribution >= 0.6 is 11.6 Å². The van der Waals surface area contributed by atoms with Crippen LogP contribution < -0.4 is 5.01 Å². The summed E-state index contributed by atoms with van der Waals surface area (Å²) in [6.45, 7) is 9.37. The van der Waals surface area contributed by atoms with Gasteiger partial charge in [0.25, 0.3) is 5.91 Å². The number of ether oxygens (including phenoxy) is 1. The number of rotatable bonds is 5. The number of furan rings is 1. The van der Waals surface area contributed by atoms with Crippen LogP contribution in [0.15, 0.2) is 63.6 Å². The van der Waals surface area contributed by atoms with E-state index in [4.69, 9.17) is 20.8 Å². The number of hydrogen-bond donors (Lipinski definition) is 0. The van der Waals surface area contributed by atoms with Crippen molar-refractivity contribution in [2.45, 2.75) is 40.7 Å². The van der Waals surface area contributed by atoms with E-state index in [1.807, 2.05) is 32.0 Å². The number of hydrazone groups is 1. The maximum atomic E-state index is 13.1. The van der Waals surface area contributed by atoms with E-state index < -0.39 is 5.97 Å². The molecule has 2 heterocycles. The molecule has 0 bridgehead atoms. The van der Waals surface area contributed by atoms with Crippen molar-refractivity contribution >= 4 is 41.0 Å². The quantitative estimate of drug-likeness (QED) is 0.307. The summed E-state index contributed by atoms with van der Waals surface area (Å²) in [5.74, 6) is 0.318. The van der Waals surface area contributed by atoms with Gasteiger partial charge in [-0.2, -0.15) is 10.1 Å². The summed E-state index contributed by atoms with van der Waals surface area (Å²) in [7, 11) is 0. The smallest absolute Gasteiger partial charge is 0.339 e. The Morgan fingerprint density at radius 1 is 1.06 bits per heavy atom. The summed E-state index contributed by atoms with van der Waals surface area (Å²) in [6, 6.07) is 14.4. The lowest BCUT2D eigenvalue weighted by Crippen LogP contribution is -2.21. The number of aryl methyl sites for hydroxylation is 2. The van der Waals surface area contributed by atoms with Gasteiger partial charge in [-0.15, -0.1) is 0 Å². The fraction of sp³-hybridized carbons (Fsp3) is 0.222. The Bertz CT molecular complexity index is 1350. The number of hydrogen-bond acceptors (Lipinski definition) is 5. The Morgan fingerprint density at radius 2 is 1.82 bits per heavy atom. The van der Waals surface area contributed by atoms with Gasteiger partial charge in [-0.05, 0) is 94.3 Å². The van der Waals surface area contributed by atoms with Gasteiger partial charge in [-0.3, -0.25) is 4.79 Å². The molecule has 3 aromatic rings. The van der Waals surface area contributed by atoms with Crippen LogP contribution in [0.2, 0.25) is 5.02 Å². The molecule has 0 atom stereocenters. The van der Waals surface area contributed by atoms with Crippen LogP contribution in [0.1, 0.15) is 48.0 Å². The highest BCUT2D eigenvalue weighted by atomic mass is 35.5. The topological polar surface area (TPSA) is 72.1 Å². The first-order valence-corrected chi connectivity index (χ1v) is 11.3. The molecule has 1 aliphatic rings. The number of halogens is 1. The maximum Gasteiger partial charge on any atom is 0.339 e.